The minimum Gasteiger partial charge on any atom is -0.450 e. The second-order valence-corrected chi connectivity index (χ2v) is 12.1. The van der Waals surface area contributed by atoms with Crippen LogP contribution in [0.3, 0.4) is 0 Å². The fourth-order valence-corrected chi connectivity index (χ4v) is 7.44. The Kier molecular flexibility index (Phi) is 7.15. The van der Waals surface area contributed by atoms with E-state index >= 15 is 0 Å². The molecular formula is C23H29N3O6S2. The highest BCUT2D eigenvalue weighted by Gasteiger charge is 2.32. The number of rotatable bonds is 6. The van der Waals surface area contributed by atoms with E-state index < -0.39 is 26.1 Å². The molecule has 4 rings (SSSR count). The molecule has 0 unspecified atom stereocenters. The summed E-state index contributed by atoms with van der Waals surface area (Å²) < 4.78 is 60.6. The average molecular weight is 508 g/mol. The van der Waals surface area contributed by atoms with Gasteiger partial charge in [0, 0.05) is 25.3 Å². The molecule has 0 saturated carbocycles. The highest BCUT2D eigenvalue weighted by molar-refractivity contribution is 7.92. The van der Waals surface area contributed by atoms with E-state index in [2.05, 4.69) is 5.32 Å². The summed E-state index contributed by atoms with van der Waals surface area (Å²) in [6, 6.07) is 10.6. The topological polar surface area (TPSA) is 113 Å². The lowest BCUT2D eigenvalue weighted by molar-refractivity contribution is 0.168. The molecule has 9 nitrogen and oxygen atoms in total. The first-order valence-electron chi connectivity index (χ1n) is 11.4. The van der Waals surface area contributed by atoms with Gasteiger partial charge in [0.2, 0.25) is 10.0 Å². The van der Waals surface area contributed by atoms with Crippen molar-refractivity contribution in [2.75, 3.05) is 35.9 Å². The number of aryl methyl sites for hydroxylation is 1. The Labute approximate surface area is 200 Å². The molecular weight excluding hydrogens is 478 g/mol. The Hall–Kier alpha value is -2.63. The number of piperidine rings is 1. The Morgan fingerprint density at radius 1 is 0.882 bits per heavy atom. The number of carbonyl (C=O) groups is 1. The van der Waals surface area contributed by atoms with Crippen molar-refractivity contribution in [1.82, 2.24) is 4.31 Å². The number of hydrogen-bond acceptors (Lipinski definition) is 6. The zero-order valence-corrected chi connectivity index (χ0v) is 20.7. The highest BCUT2D eigenvalue weighted by atomic mass is 32.2. The summed E-state index contributed by atoms with van der Waals surface area (Å²) in [6.45, 7) is 3.25. The summed E-state index contributed by atoms with van der Waals surface area (Å²) in [4.78, 5) is 11.9. The third-order valence-corrected chi connectivity index (χ3v) is 9.77. The molecule has 2 aromatic rings. The van der Waals surface area contributed by atoms with Gasteiger partial charge in [0.25, 0.3) is 10.0 Å². The van der Waals surface area contributed by atoms with Gasteiger partial charge in [-0.1, -0.05) is 6.42 Å². The van der Waals surface area contributed by atoms with Crippen LogP contribution in [-0.2, 0) is 31.2 Å². The molecule has 184 valence electrons. The second kappa shape index (κ2) is 9.93. The fraction of sp³-hybridized carbons (Fsp3) is 0.435. The molecule has 11 heteroatoms. The van der Waals surface area contributed by atoms with Crippen LogP contribution in [0.2, 0.25) is 0 Å². The van der Waals surface area contributed by atoms with Crippen LogP contribution in [-0.4, -0.2) is 53.5 Å². The molecule has 1 fully saturated rings. The molecule has 1 saturated heterocycles. The summed E-state index contributed by atoms with van der Waals surface area (Å²) in [6.07, 6.45) is 3.31. The second-order valence-electron chi connectivity index (χ2n) is 8.31. The molecule has 1 amide bonds. The first-order chi connectivity index (χ1) is 16.2. The molecule has 2 aliphatic rings. The first-order valence-corrected chi connectivity index (χ1v) is 14.3. The summed E-state index contributed by atoms with van der Waals surface area (Å²) in [7, 11) is -7.47. The molecule has 1 N–H and O–H groups in total. The maximum atomic E-state index is 13.4. The molecule has 0 radical (unpaired) electrons. The van der Waals surface area contributed by atoms with Gasteiger partial charge in [-0.05, 0) is 80.6 Å². The third-order valence-electron chi connectivity index (χ3n) is 6.04. The Bertz CT molecular complexity index is 1250. The quantitative estimate of drug-likeness (QED) is 0.640. The number of amides is 1. The zero-order valence-electron chi connectivity index (χ0n) is 19.1. The van der Waals surface area contributed by atoms with Crippen LogP contribution in [0.25, 0.3) is 0 Å². The predicted octanol–water partition coefficient (Wildman–Crippen LogP) is 3.57. The third kappa shape index (κ3) is 4.91. The van der Waals surface area contributed by atoms with Crippen LogP contribution in [0.1, 0.15) is 38.2 Å². The highest BCUT2D eigenvalue weighted by Crippen LogP contribution is 2.34. The number of ether oxygens (including phenoxy) is 1. The van der Waals surface area contributed by atoms with E-state index in [9.17, 15) is 21.6 Å². The van der Waals surface area contributed by atoms with Crippen molar-refractivity contribution in [2.24, 2.45) is 0 Å². The lowest BCUT2D eigenvalue weighted by Crippen LogP contribution is -2.37. The molecule has 2 aliphatic heterocycles. The van der Waals surface area contributed by atoms with Crippen LogP contribution >= 0.6 is 0 Å². The van der Waals surface area contributed by atoms with Crippen molar-refractivity contribution in [3.8, 4) is 0 Å². The zero-order chi connectivity index (χ0) is 24.3. The molecule has 0 atom stereocenters. The number of benzene rings is 2. The number of hydrogen-bond donors (Lipinski definition) is 1. The molecule has 2 aromatic carbocycles. The minimum atomic E-state index is -3.87. The maximum Gasteiger partial charge on any atom is 0.411 e. The molecule has 0 aliphatic carbocycles. The van der Waals surface area contributed by atoms with Gasteiger partial charge in [-0.2, -0.15) is 4.31 Å². The van der Waals surface area contributed by atoms with Crippen molar-refractivity contribution in [2.45, 2.75) is 48.8 Å². The van der Waals surface area contributed by atoms with E-state index in [-0.39, 0.29) is 16.4 Å². The van der Waals surface area contributed by atoms with E-state index in [4.69, 9.17) is 4.74 Å². The molecule has 0 bridgehead atoms. The number of carbonyl (C=O) groups excluding carboxylic acids is 1. The van der Waals surface area contributed by atoms with Gasteiger partial charge in [-0.25, -0.2) is 21.6 Å². The van der Waals surface area contributed by atoms with Gasteiger partial charge in [0.1, 0.15) is 0 Å². The van der Waals surface area contributed by atoms with E-state index in [1.54, 1.807) is 19.1 Å². The van der Waals surface area contributed by atoms with Gasteiger partial charge in [-0.3, -0.25) is 9.62 Å². The van der Waals surface area contributed by atoms with Gasteiger partial charge in [0.15, 0.2) is 0 Å². The van der Waals surface area contributed by atoms with E-state index in [0.717, 1.165) is 19.3 Å². The van der Waals surface area contributed by atoms with Gasteiger partial charge in [0.05, 0.1) is 22.1 Å². The number of sulfonamides is 2. The predicted molar refractivity (Wildman–Crippen MR) is 129 cm³/mol. The largest absolute Gasteiger partial charge is 0.450 e. The molecule has 34 heavy (non-hydrogen) atoms. The Morgan fingerprint density at radius 2 is 1.56 bits per heavy atom. The van der Waals surface area contributed by atoms with Crippen LogP contribution in [0.4, 0.5) is 16.2 Å². The number of anilines is 2. The molecule has 0 spiro atoms. The summed E-state index contributed by atoms with van der Waals surface area (Å²) in [5.41, 5.74) is 1.62. The van der Waals surface area contributed by atoms with Crippen LogP contribution < -0.4 is 9.62 Å². The van der Waals surface area contributed by atoms with Crippen molar-refractivity contribution < 1.29 is 26.4 Å². The average Bonchev–Trinajstić information content (AvgIpc) is 2.84. The first kappa shape index (κ1) is 24.5. The van der Waals surface area contributed by atoms with Crippen LogP contribution in [0.5, 0.6) is 0 Å². The van der Waals surface area contributed by atoms with Crippen molar-refractivity contribution >= 4 is 37.5 Å². The molecule has 0 aromatic heterocycles. The number of nitrogens with one attached hydrogen (secondary N) is 1. The fourth-order valence-electron chi connectivity index (χ4n) is 4.33. The van der Waals surface area contributed by atoms with E-state index in [1.165, 1.54) is 38.9 Å². The minimum absolute atomic E-state index is 0.0831. The number of fused-ring (bicyclic) bond motifs is 1. The van der Waals surface area contributed by atoms with Gasteiger partial charge < -0.3 is 4.74 Å². The van der Waals surface area contributed by atoms with E-state index in [1.807, 2.05) is 0 Å². The van der Waals surface area contributed by atoms with Crippen LogP contribution in [0, 0.1) is 0 Å². The normalized spacial score (nSPS) is 17.1. The smallest absolute Gasteiger partial charge is 0.411 e. The summed E-state index contributed by atoms with van der Waals surface area (Å²) in [5, 5.41) is 2.53. The van der Waals surface area contributed by atoms with Gasteiger partial charge in [-0.15, -0.1) is 0 Å². The monoisotopic (exact) mass is 507 g/mol. The lowest BCUT2D eigenvalue weighted by atomic mass is 10.0. The molecule has 2 heterocycles. The summed E-state index contributed by atoms with van der Waals surface area (Å²) >= 11 is 0. The van der Waals surface area contributed by atoms with Crippen molar-refractivity contribution in [1.29, 1.82) is 0 Å². The van der Waals surface area contributed by atoms with Gasteiger partial charge >= 0.3 is 6.09 Å². The van der Waals surface area contributed by atoms with Crippen molar-refractivity contribution in [3.05, 3.63) is 48.0 Å². The SMILES string of the molecule is CCOC(=O)Nc1ccc(S(=O)(=O)N2CCCc3cc(S(=O)(=O)N4CCCCC4)ccc32)cc1. The Morgan fingerprint density at radius 3 is 2.24 bits per heavy atom. The standard InChI is InChI=1S/C23H29N3O6S2/c1-2-32-23(27)24-19-8-10-20(11-9-19)34(30,31)26-16-6-7-18-17-21(12-13-22(18)26)33(28,29)25-14-4-3-5-15-25/h8-13,17H,2-7,14-16H2,1H3,(H,24,27). The van der Waals surface area contributed by atoms with Crippen molar-refractivity contribution in [3.63, 3.8) is 0 Å². The summed E-state index contributed by atoms with van der Waals surface area (Å²) in [5.74, 6) is 0. The van der Waals surface area contributed by atoms with E-state index in [0.29, 0.717) is 49.4 Å². The van der Waals surface area contributed by atoms with Crippen LogP contribution in [0.15, 0.2) is 52.3 Å². The lowest BCUT2D eigenvalue weighted by Gasteiger charge is -2.31. The maximum absolute atomic E-state index is 13.4. The Balaban J connectivity index is 1.59. The number of nitrogens with zero attached hydrogens (tertiary/aromatic N) is 2.